The van der Waals surface area contributed by atoms with Gasteiger partial charge in [-0.15, -0.1) is 0 Å². The summed E-state index contributed by atoms with van der Waals surface area (Å²) in [5, 5.41) is 10.7. The van der Waals surface area contributed by atoms with E-state index in [9.17, 15) is 14.4 Å². The third-order valence-electron chi connectivity index (χ3n) is 3.61. The number of aromatic nitrogens is 2. The molecule has 0 atom stereocenters. The van der Waals surface area contributed by atoms with Gasteiger partial charge in [0.2, 0.25) is 5.91 Å². The SMILES string of the molecule is Nc1ccc(NC(=O)CC(=O)CN=Nc2ccc3nc[nH]c(=O)c3c2)cc1. The summed E-state index contributed by atoms with van der Waals surface area (Å²) in [7, 11) is 0. The number of Topliss-reactive ketones (excluding diaryl/α,β-unsaturated/α-hetero) is 1. The minimum atomic E-state index is -0.441. The molecule has 27 heavy (non-hydrogen) atoms. The van der Waals surface area contributed by atoms with Crippen LogP contribution in [0, 0.1) is 0 Å². The number of fused-ring (bicyclic) bond motifs is 1. The fraction of sp³-hybridized carbons (Fsp3) is 0.111. The molecule has 136 valence electrons. The highest BCUT2D eigenvalue weighted by Crippen LogP contribution is 2.17. The minimum Gasteiger partial charge on any atom is -0.399 e. The van der Waals surface area contributed by atoms with Gasteiger partial charge in [-0.2, -0.15) is 10.2 Å². The molecule has 2 aromatic carbocycles. The molecule has 0 fully saturated rings. The summed E-state index contributed by atoms with van der Waals surface area (Å²) in [5.41, 5.74) is 7.37. The van der Waals surface area contributed by atoms with E-state index in [4.69, 9.17) is 5.73 Å². The number of azo groups is 1. The number of carbonyl (C=O) groups is 2. The molecule has 0 spiro atoms. The van der Waals surface area contributed by atoms with E-state index < -0.39 is 5.91 Å². The largest absolute Gasteiger partial charge is 0.399 e. The predicted octanol–water partition coefficient (Wildman–Crippen LogP) is 2.19. The van der Waals surface area contributed by atoms with Crippen molar-refractivity contribution in [1.29, 1.82) is 0 Å². The second-order valence-corrected chi connectivity index (χ2v) is 5.72. The lowest BCUT2D eigenvalue weighted by Crippen LogP contribution is -2.17. The summed E-state index contributed by atoms with van der Waals surface area (Å²) in [6, 6.07) is 11.4. The quantitative estimate of drug-likeness (QED) is 0.349. The molecule has 1 amide bonds. The highest BCUT2D eigenvalue weighted by atomic mass is 16.2. The molecule has 0 saturated heterocycles. The van der Waals surface area contributed by atoms with Crippen molar-refractivity contribution < 1.29 is 9.59 Å². The van der Waals surface area contributed by atoms with Crippen molar-refractivity contribution in [3.63, 3.8) is 0 Å². The molecule has 0 unspecified atom stereocenters. The van der Waals surface area contributed by atoms with E-state index in [1.54, 1.807) is 36.4 Å². The van der Waals surface area contributed by atoms with Gasteiger partial charge in [0.1, 0.15) is 6.54 Å². The Morgan fingerprint density at radius 1 is 1.15 bits per heavy atom. The fourth-order valence-electron chi connectivity index (χ4n) is 2.32. The van der Waals surface area contributed by atoms with E-state index in [0.29, 0.717) is 28.0 Å². The maximum Gasteiger partial charge on any atom is 0.258 e. The van der Waals surface area contributed by atoms with Crippen LogP contribution in [0.4, 0.5) is 17.1 Å². The Bertz CT molecular complexity index is 1070. The number of rotatable bonds is 6. The number of amides is 1. The molecule has 4 N–H and O–H groups in total. The maximum absolute atomic E-state index is 11.9. The molecule has 1 heterocycles. The van der Waals surface area contributed by atoms with Crippen LogP contribution in [0.25, 0.3) is 10.9 Å². The maximum atomic E-state index is 11.9. The first kappa shape index (κ1) is 17.9. The van der Waals surface area contributed by atoms with E-state index in [1.165, 1.54) is 12.4 Å². The van der Waals surface area contributed by atoms with Gasteiger partial charge in [0.05, 0.1) is 29.3 Å². The van der Waals surface area contributed by atoms with E-state index in [0.717, 1.165) is 0 Å². The summed E-state index contributed by atoms with van der Waals surface area (Å²) in [6.45, 7) is -0.239. The average molecular weight is 364 g/mol. The normalized spacial score (nSPS) is 11.0. The number of hydrogen-bond donors (Lipinski definition) is 3. The Labute approximate surface area is 153 Å². The zero-order valence-electron chi connectivity index (χ0n) is 14.2. The van der Waals surface area contributed by atoms with Crippen molar-refractivity contribution in [1.82, 2.24) is 9.97 Å². The molecule has 0 radical (unpaired) electrons. The van der Waals surface area contributed by atoms with Crippen LogP contribution in [0.1, 0.15) is 6.42 Å². The highest BCUT2D eigenvalue weighted by Gasteiger charge is 2.09. The molecule has 3 aromatic rings. The van der Waals surface area contributed by atoms with E-state index >= 15 is 0 Å². The number of ketones is 1. The third kappa shape index (κ3) is 4.82. The lowest BCUT2D eigenvalue weighted by molar-refractivity contribution is -0.124. The molecule has 9 nitrogen and oxygen atoms in total. The highest BCUT2D eigenvalue weighted by molar-refractivity contribution is 6.05. The van der Waals surface area contributed by atoms with Crippen molar-refractivity contribution in [2.45, 2.75) is 6.42 Å². The van der Waals surface area contributed by atoms with Gasteiger partial charge in [0.25, 0.3) is 5.56 Å². The van der Waals surface area contributed by atoms with E-state index in [1.807, 2.05) is 0 Å². The Kier molecular flexibility index (Phi) is 5.31. The molecule has 9 heteroatoms. The van der Waals surface area contributed by atoms with Gasteiger partial charge in [0, 0.05) is 11.4 Å². The summed E-state index contributed by atoms with van der Waals surface area (Å²) in [6.07, 6.45) is 1.00. The summed E-state index contributed by atoms with van der Waals surface area (Å²) in [5.74, 6) is -0.824. The predicted molar refractivity (Wildman–Crippen MR) is 101 cm³/mol. The lowest BCUT2D eigenvalue weighted by atomic mass is 10.2. The Morgan fingerprint density at radius 2 is 1.93 bits per heavy atom. The third-order valence-corrected chi connectivity index (χ3v) is 3.61. The van der Waals surface area contributed by atoms with Crippen LogP contribution < -0.4 is 16.6 Å². The topological polar surface area (TPSA) is 143 Å². The van der Waals surface area contributed by atoms with Gasteiger partial charge >= 0.3 is 0 Å². The zero-order valence-corrected chi connectivity index (χ0v) is 14.2. The van der Waals surface area contributed by atoms with Crippen molar-refractivity contribution in [2.24, 2.45) is 10.2 Å². The summed E-state index contributed by atoms with van der Waals surface area (Å²) >= 11 is 0. The number of aromatic amines is 1. The van der Waals surface area contributed by atoms with Crippen LogP contribution in [0.15, 0.2) is 63.8 Å². The van der Waals surface area contributed by atoms with Gasteiger partial charge in [-0.25, -0.2) is 4.98 Å². The number of nitrogens with two attached hydrogens (primary N) is 1. The van der Waals surface area contributed by atoms with Gasteiger partial charge in [0.15, 0.2) is 5.78 Å². The molecular weight excluding hydrogens is 348 g/mol. The summed E-state index contributed by atoms with van der Waals surface area (Å²) in [4.78, 5) is 41.9. The molecule has 1 aromatic heterocycles. The molecule has 0 bridgehead atoms. The number of H-pyrrole nitrogens is 1. The monoisotopic (exact) mass is 364 g/mol. The first-order chi connectivity index (χ1) is 13.0. The van der Waals surface area contributed by atoms with Gasteiger partial charge in [-0.3, -0.25) is 14.4 Å². The van der Waals surface area contributed by atoms with Crippen molar-refractivity contribution in [3.05, 3.63) is 59.1 Å². The second kappa shape index (κ2) is 8.00. The standard InChI is InChI=1S/C18H16N6O3/c19-11-1-3-12(4-2-11)23-17(26)8-14(25)9-22-24-13-5-6-16-15(7-13)18(27)21-10-20-16/h1-7,10H,8-9,19H2,(H,23,26)(H,20,21,27). The molecule has 0 saturated carbocycles. The van der Waals surface area contributed by atoms with Crippen LogP contribution in [0.5, 0.6) is 0 Å². The van der Waals surface area contributed by atoms with Crippen molar-refractivity contribution >= 4 is 39.7 Å². The number of benzene rings is 2. The Balaban J connectivity index is 1.55. The Hall–Kier alpha value is -3.88. The summed E-state index contributed by atoms with van der Waals surface area (Å²) < 4.78 is 0. The van der Waals surface area contributed by atoms with Gasteiger partial charge < -0.3 is 16.0 Å². The van der Waals surface area contributed by atoms with Crippen LogP contribution in [0.2, 0.25) is 0 Å². The Morgan fingerprint density at radius 3 is 2.70 bits per heavy atom. The smallest absolute Gasteiger partial charge is 0.258 e. The van der Waals surface area contributed by atoms with Gasteiger partial charge in [-0.1, -0.05) is 0 Å². The molecule has 0 aliphatic rings. The molecule has 0 aliphatic carbocycles. The zero-order chi connectivity index (χ0) is 19.2. The molecule has 3 rings (SSSR count). The number of nitrogens with one attached hydrogen (secondary N) is 2. The van der Waals surface area contributed by atoms with Crippen LogP contribution >= 0.6 is 0 Å². The first-order valence-corrected chi connectivity index (χ1v) is 8.03. The van der Waals surface area contributed by atoms with Crippen LogP contribution in [0.3, 0.4) is 0 Å². The minimum absolute atomic E-state index is 0.239. The van der Waals surface area contributed by atoms with Crippen molar-refractivity contribution in [2.75, 3.05) is 17.6 Å². The lowest BCUT2D eigenvalue weighted by Gasteiger charge is -2.04. The number of carbonyl (C=O) groups excluding carboxylic acids is 2. The second-order valence-electron chi connectivity index (χ2n) is 5.72. The van der Waals surface area contributed by atoms with E-state index in [-0.39, 0.29) is 24.3 Å². The van der Waals surface area contributed by atoms with Crippen LogP contribution in [-0.2, 0) is 9.59 Å². The van der Waals surface area contributed by atoms with Crippen molar-refractivity contribution in [3.8, 4) is 0 Å². The number of nitrogen functional groups attached to an aromatic ring is 1. The van der Waals surface area contributed by atoms with Gasteiger partial charge in [-0.05, 0) is 42.5 Å². The molecule has 0 aliphatic heterocycles. The van der Waals surface area contributed by atoms with Crippen LogP contribution in [-0.4, -0.2) is 28.2 Å². The fourth-order valence-corrected chi connectivity index (χ4v) is 2.32. The number of anilines is 2. The molecular formula is C18H16N6O3. The number of nitrogens with zero attached hydrogens (tertiary/aromatic N) is 3. The average Bonchev–Trinajstić information content (AvgIpc) is 2.64. The number of hydrogen-bond acceptors (Lipinski definition) is 7. The van der Waals surface area contributed by atoms with E-state index in [2.05, 4.69) is 25.5 Å². The first-order valence-electron chi connectivity index (χ1n) is 8.03.